The summed E-state index contributed by atoms with van der Waals surface area (Å²) in [5.41, 5.74) is 4.00. The van der Waals surface area contributed by atoms with Gasteiger partial charge in [-0.15, -0.1) is 0 Å². The van der Waals surface area contributed by atoms with Crippen LogP contribution in [0.2, 0.25) is 0 Å². The number of halogens is 1. The van der Waals surface area contributed by atoms with Gasteiger partial charge in [0.1, 0.15) is 23.7 Å². The number of hydrogen-bond acceptors (Lipinski definition) is 3. The quantitative estimate of drug-likeness (QED) is 0.690. The van der Waals surface area contributed by atoms with E-state index in [1.165, 1.54) is 6.07 Å². The van der Waals surface area contributed by atoms with E-state index in [9.17, 15) is 9.18 Å². The summed E-state index contributed by atoms with van der Waals surface area (Å²) >= 11 is 0. The predicted octanol–water partition coefficient (Wildman–Crippen LogP) is 3.70. The number of nitrogens with zero attached hydrogens (tertiary/aromatic N) is 3. The fourth-order valence-corrected chi connectivity index (χ4v) is 2.95. The summed E-state index contributed by atoms with van der Waals surface area (Å²) in [4.78, 5) is 15.9. The minimum Gasteiger partial charge on any atom is -0.301 e. The third-order valence-electron chi connectivity index (χ3n) is 4.47. The number of aryl methyl sites for hydroxylation is 1. The maximum Gasteiger partial charge on any atom is 0.144 e. The number of carbonyl (C=O) groups excluding carboxylic acids is 1. The molecule has 0 aliphatic heterocycles. The second kappa shape index (κ2) is 5.26. The van der Waals surface area contributed by atoms with Gasteiger partial charge in [-0.1, -0.05) is 6.07 Å². The molecule has 0 unspecified atom stereocenters. The van der Waals surface area contributed by atoms with Crippen LogP contribution >= 0.6 is 0 Å². The molecule has 4 nitrogen and oxygen atoms in total. The lowest BCUT2D eigenvalue weighted by Gasteiger charge is -2.11. The summed E-state index contributed by atoms with van der Waals surface area (Å²) in [6.45, 7) is 1.74. The number of fused-ring (bicyclic) bond motifs is 1. The number of aldehydes is 1. The highest BCUT2D eigenvalue weighted by atomic mass is 19.1. The van der Waals surface area contributed by atoms with Gasteiger partial charge < -0.3 is 4.79 Å². The van der Waals surface area contributed by atoms with Gasteiger partial charge >= 0.3 is 0 Å². The van der Waals surface area contributed by atoms with E-state index < -0.39 is 0 Å². The fourth-order valence-electron chi connectivity index (χ4n) is 2.95. The summed E-state index contributed by atoms with van der Waals surface area (Å²) in [6, 6.07) is 6.76. The molecule has 0 saturated heterocycles. The average Bonchev–Trinajstić information content (AvgIpc) is 3.31. The van der Waals surface area contributed by atoms with Gasteiger partial charge in [-0.05, 0) is 55.0 Å². The second-order valence-electron chi connectivity index (χ2n) is 6.15. The van der Waals surface area contributed by atoms with Gasteiger partial charge in [-0.3, -0.25) is 9.67 Å². The Labute approximate surface area is 133 Å². The van der Waals surface area contributed by atoms with Crippen LogP contribution in [0.1, 0.15) is 24.4 Å². The average molecular weight is 309 g/mol. The smallest absolute Gasteiger partial charge is 0.144 e. The van der Waals surface area contributed by atoms with E-state index in [1.54, 1.807) is 36.1 Å². The van der Waals surface area contributed by atoms with Crippen molar-refractivity contribution in [2.45, 2.75) is 25.8 Å². The van der Waals surface area contributed by atoms with Crippen molar-refractivity contribution in [3.63, 3.8) is 0 Å². The Kier molecular flexibility index (Phi) is 3.22. The summed E-state index contributed by atoms with van der Waals surface area (Å²) < 4.78 is 15.2. The minimum atomic E-state index is -0.223. The topological polar surface area (TPSA) is 47.8 Å². The highest BCUT2D eigenvalue weighted by Crippen LogP contribution is 2.39. The summed E-state index contributed by atoms with van der Waals surface area (Å²) in [5.74, 6) is 0.162. The van der Waals surface area contributed by atoms with Gasteiger partial charge in [-0.2, -0.15) is 5.10 Å². The maximum absolute atomic E-state index is 13.5. The maximum atomic E-state index is 13.5. The lowest BCUT2D eigenvalue weighted by Crippen LogP contribution is -2.13. The largest absolute Gasteiger partial charge is 0.301 e. The molecule has 0 N–H and O–H groups in total. The molecule has 1 saturated carbocycles. The molecular formula is C18H16FN3O. The minimum absolute atomic E-state index is 0.220. The first-order valence-electron chi connectivity index (χ1n) is 7.72. The predicted molar refractivity (Wildman–Crippen MR) is 85.5 cm³/mol. The van der Waals surface area contributed by atoms with Crippen molar-refractivity contribution in [3.05, 3.63) is 48.0 Å². The molecule has 4 rings (SSSR count). The Bertz CT molecular complexity index is 898. The first kappa shape index (κ1) is 14.1. The molecular weight excluding hydrogens is 293 g/mol. The van der Waals surface area contributed by atoms with Crippen molar-refractivity contribution in [2.24, 2.45) is 5.92 Å². The van der Waals surface area contributed by atoms with Crippen LogP contribution < -0.4 is 0 Å². The normalized spacial score (nSPS) is 15.7. The van der Waals surface area contributed by atoms with Crippen molar-refractivity contribution in [3.8, 4) is 11.1 Å². The summed E-state index contributed by atoms with van der Waals surface area (Å²) in [7, 11) is 0. The van der Waals surface area contributed by atoms with Crippen molar-refractivity contribution in [1.82, 2.24) is 14.8 Å². The Morgan fingerprint density at radius 1 is 1.26 bits per heavy atom. The summed E-state index contributed by atoms with van der Waals surface area (Å²) in [5, 5.41) is 4.36. The van der Waals surface area contributed by atoms with E-state index in [0.29, 0.717) is 11.5 Å². The van der Waals surface area contributed by atoms with Crippen molar-refractivity contribution in [1.29, 1.82) is 0 Å². The lowest BCUT2D eigenvalue weighted by molar-refractivity contribution is -0.111. The Balaban J connectivity index is 1.82. The zero-order valence-electron chi connectivity index (χ0n) is 12.7. The third-order valence-corrected chi connectivity index (χ3v) is 4.47. The van der Waals surface area contributed by atoms with E-state index in [0.717, 1.165) is 41.3 Å². The number of rotatable bonds is 4. The van der Waals surface area contributed by atoms with Crippen molar-refractivity contribution >= 4 is 17.3 Å². The highest BCUT2D eigenvalue weighted by molar-refractivity contribution is 5.81. The molecule has 2 heterocycles. The zero-order chi connectivity index (χ0) is 16.0. The number of carbonyl (C=O) groups is 1. The van der Waals surface area contributed by atoms with E-state index in [2.05, 4.69) is 10.1 Å². The van der Waals surface area contributed by atoms with Gasteiger partial charge in [0.2, 0.25) is 0 Å². The SMILES string of the molecule is Cc1cc(-c2cnc3cnn([C@H](C=O)C4CC4)c3c2)ccc1F. The van der Waals surface area contributed by atoms with Crippen molar-refractivity contribution in [2.75, 3.05) is 0 Å². The van der Waals surface area contributed by atoms with Crippen molar-refractivity contribution < 1.29 is 9.18 Å². The molecule has 1 atom stereocenters. The summed E-state index contributed by atoms with van der Waals surface area (Å²) in [6.07, 6.45) is 6.55. The van der Waals surface area contributed by atoms with E-state index in [-0.39, 0.29) is 11.9 Å². The molecule has 2 aromatic heterocycles. The molecule has 23 heavy (non-hydrogen) atoms. The molecule has 0 bridgehead atoms. The van der Waals surface area contributed by atoms with Crippen LogP contribution in [0.15, 0.2) is 36.7 Å². The second-order valence-corrected chi connectivity index (χ2v) is 6.15. The lowest BCUT2D eigenvalue weighted by atomic mass is 10.0. The first-order valence-corrected chi connectivity index (χ1v) is 7.72. The number of hydrogen-bond donors (Lipinski definition) is 0. The van der Waals surface area contributed by atoms with Gasteiger partial charge in [0.25, 0.3) is 0 Å². The van der Waals surface area contributed by atoms with Gasteiger partial charge in [0, 0.05) is 11.8 Å². The van der Waals surface area contributed by atoms with E-state index in [4.69, 9.17) is 0 Å². The van der Waals surface area contributed by atoms with Crippen LogP contribution in [0.4, 0.5) is 4.39 Å². The molecule has 116 valence electrons. The first-order chi connectivity index (χ1) is 11.2. The van der Waals surface area contributed by atoms with Gasteiger partial charge in [0.15, 0.2) is 0 Å². The molecule has 0 amide bonds. The van der Waals surface area contributed by atoms with Crippen LogP contribution in [-0.2, 0) is 4.79 Å². The highest BCUT2D eigenvalue weighted by Gasteiger charge is 2.33. The fraction of sp³-hybridized carbons (Fsp3) is 0.278. The molecule has 0 radical (unpaired) electrons. The molecule has 1 aliphatic rings. The Hall–Kier alpha value is -2.56. The molecule has 1 aliphatic carbocycles. The molecule has 3 aromatic rings. The third kappa shape index (κ3) is 2.42. The van der Waals surface area contributed by atoms with Crippen LogP contribution in [-0.4, -0.2) is 21.1 Å². The molecule has 1 fully saturated rings. The van der Waals surface area contributed by atoms with Gasteiger partial charge in [0.05, 0.1) is 11.7 Å². The zero-order valence-corrected chi connectivity index (χ0v) is 12.7. The van der Waals surface area contributed by atoms with Gasteiger partial charge in [-0.25, -0.2) is 4.39 Å². The monoisotopic (exact) mass is 309 g/mol. The number of aromatic nitrogens is 3. The van der Waals surface area contributed by atoms with Crippen LogP contribution in [0.3, 0.4) is 0 Å². The number of pyridine rings is 1. The Morgan fingerprint density at radius 2 is 2.09 bits per heavy atom. The standard InChI is InChI=1S/C18H16FN3O/c1-11-6-13(4-5-15(11)19)14-7-17-16(20-8-14)9-21-22(17)18(10-23)12-2-3-12/h4-10,12,18H,2-3H2,1H3/t18-/m1/s1. The Morgan fingerprint density at radius 3 is 2.78 bits per heavy atom. The molecule has 5 heteroatoms. The van der Waals surface area contributed by atoms with E-state index >= 15 is 0 Å². The number of benzene rings is 1. The van der Waals surface area contributed by atoms with E-state index in [1.807, 2.05) is 6.07 Å². The van der Waals surface area contributed by atoms with Crippen LogP contribution in [0, 0.1) is 18.7 Å². The van der Waals surface area contributed by atoms with Crippen LogP contribution in [0.5, 0.6) is 0 Å². The van der Waals surface area contributed by atoms with Crippen LogP contribution in [0.25, 0.3) is 22.2 Å². The molecule has 0 spiro atoms. The molecule has 1 aromatic carbocycles.